The van der Waals surface area contributed by atoms with E-state index in [2.05, 4.69) is 4.99 Å². The quantitative estimate of drug-likeness (QED) is 0.536. The molecule has 1 amide bonds. The van der Waals surface area contributed by atoms with Gasteiger partial charge in [0.1, 0.15) is 12.3 Å². The van der Waals surface area contributed by atoms with Crippen molar-refractivity contribution in [3.8, 4) is 5.75 Å². The molecule has 0 radical (unpaired) electrons. The number of thiazole rings is 1. The number of fused-ring (bicyclic) bond motifs is 1. The summed E-state index contributed by atoms with van der Waals surface area (Å²) in [4.78, 5) is 29.0. The standard InChI is InChI=1S/C20H20N2O6S2/c1-13(28-14-7-5-4-6-8-14)19(24)21-20-22(12-18(23)27-2)16-10-9-15(30(3,25)26)11-17(16)29-20/h4-11,13H,12H2,1-3H3. The van der Waals surface area contributed by atoms with Gasteiger partial charge in [-0.1, -0.05) is 29.5 Å². The number of carbonyl (C=O) groups is 2. The van der Waals surface area contributed by atoms with Crippen molar-refractivity contribution < 1.29 is 27.5 Å². The van der Waals surface area contributed by atoms with Gasteiger partial charge in [-0.25, -0.2) is 8.42 Å². The number of nitrogens with zero attached hydrogens (tertiary/aromatic N) is 2. The summed E-state index contributed by atoms with van der Waals surface area (Å²) in [5.74, 6) is -0.526. The third-order valence-corrected chi connectivity index (χ3v) is 6.36. The number of hydrogen-bond donors (Lipinski definition) is 0. The average Bonchev–Trinajstić information content (AvgIpc) is 3.04. The van der Waals surface area contributed by atoms with Gasteiger partial charge >= 0.3 is 5.97 Å². The van der Waals surface area contributed by atoms with Crippen LogP contribution in [0.15, 0.2) is 58.4 Å². The predicted octanol–water partition coefficient (Wildman–Crippen LogP) is 2.17. The van der Waals surface area contributed by atoms with E-state index in [4.69, 9.17) is 9.47 Å². The molecule has 1 unspecified atom stereocenters. The van der Waals surface area contributed by atoms with E-state index >= 15 is 0 Å². The van der Waals surface area contributed by atoms with Crippen molar-refractivity contribution in [3.63, 3.8) is 0 Å². The van der Waals surface area contributed by atoms with Gasteiger partial charge < -0.3 is 14.0 Å². The van der Waals surface area contributed by atoms with Crippen LogP contribution in [0.3, 0.4) is 0 Å². The minimum atomic E-state index is -3.41. The Balaban J connectivity index is 2.04. The van der Waals surface area contributed by atoms with Gasteiger partial charge in [0.25, 0.3) is 5.91 Å². The second kappa shape index (κ2) is 8.80. The number of aromatic nitrogens is 1. The summed E-state index contributed by atoms with van der Waals surface area (Å²) >= 11 is 1.11. The highest BCUT2D eigenvalue weighted by Gasteiger charge is 2.18. The lowest BCUT2D eigenvalue weighted by Crippen LogP contribution is -2.27. The molecule has 0 spiro atoms. The number of rotatable bonds is 6. The van der Waals surface area contributed by atoms with Crippen LogP contribution in [0.2, 0.25) is 0 Å². The topological polar surface area (TPSA) is 104 Å². The highest BCUT2D eigenvalue weighted by molar-refractivity contribution is 7.90. The summed E-state index contributed by atoms with van der Waals surface area (Å²) in [6.45, 7) is 1.41. The van der Waals surface area contributed by atoms with Crippen LogP contribution in [0, 0.1) is 0 Å². The molecule has 1 atom stereocenters. The number of amides is 1. The van der Waals surface area contributed by atoms with Gasteiger partial charge in [0.2, 0.25) is 0 Å². The molecule has 10 heteroatoms. The van der Waals surface area contributed by atoms with Gasteiger partial charge in [0.15, 0.2) is 20.7 Å². The highest BCUT2D eigenvalue weighted by Crippen LogP contribution is 2.22. The van der Waals surface area contributed by atoms with E-state index in [0.717, 1.165) is 17.6 Å². The van der Waals surface area contributed by atoms with E-state index in [1.54, 1.807) is 37.3 Å². The molecule has 0 fully saturated rings. The Kier molecular flexibility index (Phi) is 6.37. The van der Waals surface area contributed by atoms with E-state index in [1.165, 1.54) is 23.8 Å². The second-order valence-electron chi connectivity index (χ2n) is 6.47. The molecule has 0 saturated carbocycles. The molecule has 0 saturated heterocycles. The van der Waals surface area contributed by atoms with Crippen LogP contribution in [0.1, 0.15) is 6.92 Å². The van der Waals surface area contributed by atoms with Crippen LogP contribution in [-0.4, -0.2) is 44.3 Å². The number of benzene rings is 2. The molecule has 1 heterocycles. The summed E-state index contributed by atoms with van der Waals surface area (Å²) in [7, 11) is -2.15. The maximum absolute atomic E-state index is 12.6. The fraction of sp³-hybridized carbons (Fsp3) is 0.250. The van der Waals surface area contributed by atoms with Crippen molar-refractivity contribution in [2.45, 2.75) is 24.5 Å². The molecular formula is C20H20N2O6S2. The van der Waals surface area contributed by atoms with Crippen molar-refractivity contribution in [2.75, 3.05) is 13.4 Å². The number of para-hydroxylation sites is 1. The van der Waals surface area contributed by atoms with E-state index < -0.39 is 27.8 Å². The molecule has 0 aliphatic rings. The molecule has 0 aliphatic carbocycles. The first-order chi connectivity index (χ1) is 14.2. The first-order valence-electron chi connectivity index (χ1n) is 8.89. The molecule has 2 aromatic carbocycles. The number of esters is 1. The van der Waals surface area contributed by atoms with Crippen LogP contribution in [0.25, 0.3) is 10.2 Å². The van der Waals surface area contributed by atoms with Crippen molar-refractivity contribution in [1.82, 2.24) is 4.57 Å². The number of hydrogen-bond acceptors (Lipinski definition) is 7. The van der Waals surface area contributed by atoms with Crippen molar-refractivity contribution >= 4 is 43.3 Å². The highest BCUT2D eigenvalue weighted by atomic mass is 32.2. The zero-order chi connectivity index (χ0) is 21.9. The molecule has 8 nitrogen and oxygen atoms in total. The molecule has 3 rings (SSSR count). The number of methoxy groups -OCH3 is 1. The summed E-state index contributed by atoms with van der Waals surface area (Å²) in [6.07, 6.45) is 0.262. The van der Waals surface area contributed by atoms with E-state index in [0.29, 0.717) is 16.0 Å². The monoisotopic (exact) mass is 448 g/mol. The number of sulfone groups is 1. The minimum Gasteiger partial charge on any atom is -0.481 e. The van der Waals surface area contributed by atoms with Crippen molar-refractivity contribution in [3.05, 3.63) is 53.3 Å². The Morgan fingerprint density at radius 2 is 1.87 bits per heavy atom. The van der Waals surface area contributed by atoms with Crippen LogP contribution in [-0.2, 0) is 30.7 Å². The zero-order valence-electron chi connectivity index (χ0n) is 16.6. The average molecular weight is 449 g/mol. The molecular weight excluding hydrogens is 428 g/mol. The van der Waals surface area contributed by atoms with Crippen LogP contribution < -0.4 is 9.54 Å². The molecule has 0 aliphatic heterocycles. The molecule has 1 aromatic heterocycles. The maximum Gasteiger partial charge on any atom is 0.325 e. The SMILES string of the molecule is COC(=O)Cn1c(=NC(=O)C(C)Oc2ccccc2)sc2cc(S(C)(=O)=O)ccc21. The smallest absolute Gasteiger partial charge is 0.325 e. The summed E-state index contributed by atoms with van der Waals surface area (Å²) < 4.78 is 36.2. The molecule has 0 N–H and O–H groups in total. The summed E-state index contributed by atoms with van der Waals surface area (Å²) in [5.41, 5.74) is 0.570. The fourth-order valence-electron chi connectivity index (χ4n) is 2.65. The normalized spacial score (nSPS) is 13.2. The van der Waals surface area contributed by atoms with Gasteiger partial charge in [-0.2, -0.15) is 4.99 Å². The molecule has 3 aromatic rings. The number of ether oxygens (including phenoxy) is 2. The van der Waals surface area contributed by atoms with Gasteiger partial charge in [0, 0.05) is 6.26 Å². The molecule has 158 valence electrons. The maximum atomic E-state index is 12.6. The van der Waals surface area contributed by atoms with Crippen LogP contribution in [0.5, 0.6) is 5.75 Å². The van der Waals surface area contributed by atoms with E-state index in [-0.39, 0.29) is 16.2 Å². The first kappa shape index (κ1) is 21.7. The lowest BCUT2D eigenvalue weighted by molar-refractivity contribution is -0.141. The van der Waals surface area contributed by atoms with Gasteiger partial charge in [-0.05, 0) is 37.3 Å². The molecule has 0 bridgehead atoms. The largest absolute Gasteiger partial charge is 0.481 e. The third-order valence-electron chi connectivity index (χ3n) is 4.21. The second-order valence-corrected chi connectivity index (χ2v) is 9.50. The predicted molar refractivity (Wildman–Crippen MR) is 112 cm³/mol. The third kappa shape index (κ3) is 4.95. The lowest BCUT2D eigenvalue weighted by Gasteiger charge is -2.10. The van der Waals surface area contributed by atoms with Crippen molar-refractivity contribution in [2.24, 2.45) is 4.99 Å². The Labute approximate surface area is 177 Å². The zero-order valence-corrected chi connectivity index (χ0v) is 18.2. The van der Waals surface area contributed by atoms with Crippen LogP contribution >= 0.6 is 11.3 Å². The van der Waals surface area contributed by atoms with Gasteiger partial charge in [0.05, 0.1) is 22.2 Å². The van der Waals surface area contributed by atoms with Gasteiger partial charge in [-0.15, -0.1) is 0 Å². The lowest BCUT2D eigenvalue weighted by atomic mass is 10.3. The first-order valence-corrected chi connectivity index (χ1v) is 11.6. The van der Waals surface area contributed by atoms with Crippen molar-refractivity contribution in [1.29, 1.82) is 0 Å². The van der Waals surface area contributed by atoms with E-state index in [1.807, 2.05) is 6.07 Å². The molecule has 30 heavy (non-hydrogen) atoms. The Bertz CT molecular complexity index is 1260. The van der Waals surface area contributed by atoms with Gasteiger partial charge in [-0.3, -0.25) is 9.59 Å². The fourth-order valence-corrected chi connectivity index (χ4v) is 4.45. The van der Waals surface area contributed by atoms with Crippen LogP contribution in [0.4, 0.5) is 0 Å². The number of carbonyl (C=O) groups excluding carboxylic acids is 2. The Morgan fingerprint density at radius 3 is 2.50 bits per heavy atom. The van der Waals surface area contributed by atoms with E-state index in [9.17, 15) is 18.0 Å². The summed E-state index contributed by atoms with van der Waals surface area (Å²) in [6, 6.07) is 13.4. The Morgan fingerprint density at radius 1 is 1.17 bits per heavy atom. The minimum absolute atomic E-state index is 0.139. The summed E-state index contributed by atoms with van der Waals surface area (Å²) in [5, 5.41) is 0. The Hall–Kier alpha value is -2.98.